The monoisotopic (exact) mass is 282 g/mol. The number of nitrogens with one attached hydrogen (secondary N) is 1. The van der Waals surface area contributed by atoms with Gasteiger partial charge in [0.2, 0.25) is 5.91 Å². The largest absolute Gasteiger partial charge is 0.383 e. The number of hydrogen-bond acceptors (Lipinski definition) is 4. The lowest BCUT2D eigenvalue weighted by Gasteiger charge is -2.12. The first kappa shape index (κ1) is 16.0. The molecule has 19 heavy (non-hydrogen) atoms. The summed E-state index contributed by atoms with van der Waals surface area (Å²) in [6, 6.07) is 8.05. The van der Waals surface area contributed by atoms with Crippen LogP contribution >= 0.6 is 11.8 Å². The molecular weight excluding hydrogens is 260 g/mol. The Labute approximate surface area is 119 Å². The number of ether oxygens (including phenoxy) is 1. The van der Waals surface area contributed by atoms with Crippen molar-refractivity contribution in [1.29, 1.82) is 0 Å². The van der Waals surface area contributed by atoms with Crippen LogP contribution in [0, 0.1) is 0 Å². The summed E-state index contributed by atoms with van der Waals surface area (Å²) >= 11 is 1.54. The van der Waals surface area contributed by atoms with Crippen molar-refractivity contribution in [1.82, 2.24) is 5.32 Å². The van der Waals surface area contributed by atoms with Crippen molar-refractivity contribution >= 4 is 17.7 Å². The lowest BCUT2D eigenvalue weighted by atomic mass is 10.1. The van der Waals surface area contributed by atoms with Gasteiger partial charge in [0.1, 0.15) is 0 Å². The van der Waals surface area contributed by atoms with E-state index in [2.05, 4.69) is 5.32 Å². The van der Waals surface area contributed by atoms with E-state index >= 15 is 0 Å². The number of benzene rings is 1. The number of methoxy groups -OCH3 is 1. The first-order valence-electron chi connectivity index (χ1n) is 6.33. The second-order valence-electron chi connectivity index (χ2n) is 4.40. The molecule has 0 aliphatic heterocycles. The smallest absolute Gasteiger partial charge is 0.233 e. The van der Waals surface area contributed by atoms with E-state index < -0.39 is 0 Å². The molecule has 4 nitrogen and oxygen atoms in total. The van der Waals surface area contributed by atoms with Crippen LogP contribution in [-0.2, 0) is 9.53 Å². The van der Waals surface area contributed by atoms with Crippen molar-refractivity contribution in [2.24, 2.45) is 5.73 Å². The fourth-order valence-corrected chi connectivity index (χ4v) is 2.42. The zero-order valence-electron chi connectivity index (χ0n) is 11.7. The van der Waals surface area contributed by atoms with Gasteiger partial charge in [-0.05, 0) is 31.5 Å². The Morgan fingerprint density at radius 2 is 2.00 bits per heavy atom. The van der Waals surface area contributed by atoms with Gasteiger partial charge in [0.15, 0.2) is 0 Å². The van der Waals surface area contributed by atoms with Crippen molar-refractivity contribution < 1.29 is 9.53 Å². The van der Waals surface area contributed by atoms with Gasteiger partial charge in [-0.1, -0.05) is 12.1 Å². The van der Waals surface area contributed by atoms with Gasteiger partial charge in [-0.3, -0.25) is 4.79 Å². The Balaban J connectivity index is 2.47. The second kappa shape index (κ2) is 8.19. The van der Waals surface area contributed by atoms with E-state index in [9.17, 15) is 4.79 Å². The summed E-state index contributed by atoms with van der Waals surface area (Å²) in [6.45, 7) is 4.93. The molecular formula is C14H22N2O2S. The first-order valence-corrected chi connectivity index (χ1v) is 7.21. The van der Waals surface area contributed by atoms with Crippen LogP contribution in [0.4, 0.5) is 0 Å². The number of rotatable bonds is 7. The molecule has 0 fully saturated rings. The molecule has 0 saturated carbocycles. The zero-order valence-corrected chi connectivity index (χ0v) is 12.5. The molecule has 1 aromatic carbocycles. The molecule has 0 radical (unpaired) electrons. The van der Waals surface area contributed by atoms with Crippen LogP contribution in [0.1, 0.15) is 25.5 Å². The van der Waals surface area contributed by atoms with Gasteiger partial charge in [0.05, 0.1) is 11.9 Å². The van der Waals surface area contributed by atoms with Gasteiger partial charge in [0.25, 0.3) is 0 Å². The number of thioether (sulfide) groups is 1. The van der Waals surface area contributed by atoms with Gasteiger partial charge in [0, 0.05) is 24.6 Å². The van der Waals surface area contributed by atoms with Crippen LogP contribution in [0.2, 0.25) is 0 Å². The Morgan fingerprint density at radius 3 is 2.53 bits per heavy atom. The van der Waals surface area contributed by atoms with Crippen molar-refractivity contribution in [2.75, 3.05) is 20.3 Å². The van der Waals surface area contributed by atoms with Crippen LogP contribution in [-0.4, -0.2) is 31.4 Å². The van der Waals surface area contributed by atoms with Crippen molar-refractivity contribution in [3.63, 3.8) is 0 Å². The molecule has 1 aromatic rings. The highest BCUT2D eigenvalue weighted by Gasteiger charge is 2.13. The average Bonchev–Trinajstić information content (AvgIpc) is 2.39. The first-order chi connectivity index (χ1) is 9.04. The lowest BCUT2D eigenvalue weighted by Crippen LogP contribution is -2.33. The lowest BCUT2D eigenvalue weighted by molar-refractivity contribution is -0.120. The third kappa shape index (κ3) is 5.63. The molecule has 106 valence electrons. The summed E-state index contributed by atoms with van der Waals surface area (Å²) in [5.74, 6) is 0.0262. The standard InChI is InChI=1S/C14H22N2O2S/c1-10(15)12-4-6-13(7-5-12)19-11(2)14(17)16-8-9-18-3/h4-7,10-11H,8-9,15H2,1-3H3,(H,16,17). The average molecular weight is 282 g/mol. The minimum absolute atomic E-state index is 0.0262. The molecule has 5 heteroatoms. The van der Waals surface area contributed by atoms with E-state index in [1.54, 1.807) is 7.11 Å². The maximum Gasteiger partial charge on any atom is 0.233 e. The van der Waals surface area contributed by atoms with E-state index in [1.807, 2.05) is 38.1 Å². The molecule has 3 N–H and O–H groups in total. The number of amides is 1. The zero-order chi connectivity index (χ0) is 14.3. The number of hydrogen-bond donors (Lipinski definition) is 2. The molecule has 0 saturated heterocycles. The molecule has 1 rings (SSSR count). The Hall–Kier alpha value is -1.04. The van der Waals surface area contributed by atoms with E-state index in [0.717, 1.165) is 10.5 Å². The fraction of sp³-hybridized carbons (Fsp3) is 0.500. The van der Waals surface area contributed by atoms with Crippen LogP contribution < -0.4 is 11.1 Å². The molecule has 0 heterocycles. The third-order valence-electron chi connectivity index (χ3n) is 2.69. The highest BCUT2D eigenvalue weighted by molar-refractivity contribution is 8.00. The van der Waals surface area contributed by atoms with Crippen LogP contribution in [0.25, 0.3) is 0 Å². The SMILES string of the molecule is COCCNC(=O)C(C)Sc1ccc(C(C)N)cc1. The Morgan fingerprint density at radius 1 is 1.37 bits per heavy atom. The predicted octanol–water partition coefficient (Wildman–Crippen LogP) is 1.95. The summed E-state index contributed by atoms with van der Waals surface area (Å²) in [7, 11) is 1.62. The van der Waals surface area contributed by atoms with E-state index in [4.69, 9.17) is 10.5 Å². The van der Waals surface area contributed by atoms with Gasteiger partial charge in [-0.15, -0.1) is 11.8 Å². The Bertz CT molecular complexity index is 393. The van der Waals surface area contributed by atoms with Gasteiger partial charge >= 0.3 is 0 Å². The molecule has 0 aliphatic carbocycles. The van der Waals surface area contributed by atoms with Crippen molar-refractivity contribution in [2.45, 2.75) is 30.0 Å². The number of nitrogens with two attached hydrogens (primary N) is 1. The number of carbonyl (C=O) groups excluding carboxylic acids is 1. The van der Waals surface area contributed by atoms with Crippen molar-refractivity contribution in [3.8, 4) is 0 Å². The normalized spacial score (nSPS) is 13.9. The van der Waals surface area contributed by atoms with Gasteiger partial charge in [-0.25, -0.2) is 0 Å². The van der Waals surface area contributed by atoms with Crippen LogP contribution in [0.3, 0.4) is 0 Å². The summed E-state index contributed by atoms with van der Waals surface area (Å²) in [6.07, 6.45) is 0. The van der Waals surface area contributed by atoms with Crippen molar-refractivity contribution in [3.05, 3.63) is 29.8 Å². The topological polar surface area (TPSA) is 64.3 Å². The molecule has 0 aromatic heterocycles. The molecule has 2 unspecified atom stereocenters. The fourth-order valence-electron chi connectivity index (χ4n) is 1.53. The molecule has 0 bridgehead atoms. The van der Waals surface area contributed by atoms with Gasteiger partial charge < -0.3 is 15.8 Å². The maximum atomic E-state index is 11.8. The van der Waals surface area contributed by atoms with E-state index in [-0.39, 0.29) is 17.2 Å². The van der Waals surface area contributed by atoms with Gasteiger partial charge in [-0.2, -0.15) is 0 Å². The summed E-state index contributed by atoms with van der Waals surface area (Å²) < 4.78 is 4.89. The number of carbonyl (C=O) groups is 1. The van der Waals surface area contributed by atoms with Crippen LogP contribution in [0.5, 0.6) is 0 Å². The summed E-state index contributed by atoms with van der Waals surface area (Å²) in [4.78, 5) is 12.9. The predicted molar refractivity (Wildman–Crippen MR) is 79.2 cm³/mol. The maximum absolute atomic E-state index is 11.8. The second-order valence-corrected chi connectivity index (χ2v) is 5.82. The molecule has 1 amide bonds. The molecule has 2 atom stereocenters. The highest BCUT2D eigenvalue weighted by Crippen LogP contribution is 2.24. The van der Waals surface area contributed by atoms with Crippen LogP contribution in [0.15, 0.2) is 29.2 Å². The minimum Gasteiger partial charge on any atom is -0.383 e. The highest BCUT2D eigenvalue weighted by atomic mass is 32.2. The third-order valence-corrected chi connectivity index (χ3v) is 3.81. The summed E-state index contributed by atoms with van der Waals surface area (Å²) in [5.41, 5.74) is 6.90. The van der Waals surface area contributed by atoms with E-state index in [0.29, 0.717) is 13.2 Å². The van der Waals surface area contributed by atoms with E-state index in [1.165, 1.54) is 11.8 Å². The Kier molecular flexibility index (Phi) is 6.91. The minimum atomic E-state index is -0.127. The summed E-state index contributed by atoms with van der Waals surface area (Å²) in [5, 5.41) is 2.70. The molecule has 0 aliphatic rings. The quantitative estimate of drug-likeness (QED) is 0.592. The molecule has 0 spiro atoms.